The van der Waals surface area contributed by atoms with Gasteiger partial charge < -0.3 is 5.32 Å². The van der Waals surface area contributed by atoms with Crippen molar-refractivity contribution in [3.8, 4) is 0 Å². The number of rotatable bonds is 3. The fraction of sp³-hybridized carbons (Fsp3) is 0.625. The molecule has 2 rings (SSSR count). The maximum Gasteiger partial charge on any atom is 0.0374 e. The Morgan fingerprint density at radius 3 is 2.35 bits per heavy atom. The third kappa shape index (κ3) is 2.55. The van der Waals surface area contributed by atoms with E-state index >= 15 is 0 Å². The van der Waals surface area contributed by atoms with Crippen molar-refractivity contribution in [3.05, 3.63) is 35.4 Å². The summed E-state index contributed by atoms with van der Waals surface area (Å²) in [5, 5.41) is 3.57. The zero-order valence-corrected chi connectivity index (χ0v) is 11.4. The normalized spacial score (nSPS) is 21.1. The molecule has 0 aliphatic heterocycles. The molecule has 1 atom stereocenters. The maximum absolute atomic E-state index is 3.57. The highest BCUT2D eigenvalue weighted by Crippen LogP contribution is 2.45. The summed E-state index contributed by atoms with van der Waals surface area (Å²) in [6.45, 7) is 4.69. The number of hydrogen-bond acceptors (Lipinski definition) is 1. The van der Waals surface area contributed by atoms with Crippen LogP contribution >= 0.6 is 0 Å². The summed E-state index contributed by atoms with van der Waals surface area (Å²) >= 11 is 0. The first kappa shape index (κ1) is 12.6. The van der Waals surface area contributed by atoms with Gasteiger partial charge in [0.2, 0.25) is 0 Å². The Kier molecular flexibility index (Phi) is 3.88. The lowest BCUT2D eigenvalue weighted by Crippen LogP contribution is -2.36. The minimum atomic E-state index is 0.430. The van der Waals surface area contributed by atoms with Gasteiger partial charge >= 0.3 is 0 Å². The molecule has 17 heavy (non-hydrogen) atoms. The van der Waals surface area contributed by atoms with Crippen molar-refractivity contribution in [1.82, 2.24) is 5.32 Å². The molecule has 0 spiro atoms. The molecule has 1 aliphatic rings. The third-order valence-electron chi connectivity index (χ3n) is 4.48. The molecule has 1 aromatic carbocycles. The lowest BCUT2D eigenvalue weighted by atomic mass is 9.68. The lowest BCUT2D eigenvalue weighted by Gasteiger charge is -2.41. The van der Waals surface area contributed by atoms with Crippen molar-refractivity contribution in [2.75, 3.05) is 7.05 Å². The molecule has 0 radical (unpaired) electrons. The van der Waals surface area contributed by atoms with Crippen LogP contribution in [0.25, 0.3) is 0 Å². The van der Waals surface area contributed by atoms with Crippen LogP contribution in [0.5, 0.6) is 0 Å². The first-order valence-electron chi connectivity index (χ1n) is 6.90. The summed E-state index contributed by atoms with van der Waals surface area (Å²) in [7, 11) is 2.11. The van der Waals surface area contributed by atoms with Crippen LogP contribution < -0.4 is 5.32 Å². The molecule has 1 aliphatic carbocycles. The second-order valence-corrected chi connectivity index (χ2v) is 5.79. The molecule has 1 nitrogen and oxygen atoms in total. The fourth-order valence-corrected chi connectivity index (χ4v) is 3.44. The first-order chi connectivity index (χ1) is 8.17. The summed E-state index contributed by atoms with van der Waals surface area (Å²) in [6, 6.07) is 9.32. The van der Waals surface area contributed by atoms with Gasteiger partial charge in [-0.3, -0.25) is 0 Å². The lowest BCUT2D eigenvalue weighted by molar-refractivity contribution is 0.150. The Morgan fingerprint density at radius 2 is 1.76 bits per heavy atom. The molecule has 0 saturated heterocycles. The number of aryl methyl sites for hydroxylation is 1. The molecule has 1 N–H and O–H groups in total. The average Bonchev–Trinajstić information content (AvgIpc) is 2.33. The molecule has 1 heteroatoms. The second-order valence-electron chi connectivity index (χ2n) is 5.79. The quantitative estimate of drug-likeness (QED) is 0.821. The highest BCUT2D eigenvalue weighted by Gasteiger charge is 2.35. The van der Waals surface area contributed by atoms with E-state index in [1.165, 1.54) is 43.2 Å². The summed E-state index contributed by atoms with van der Waals surface area (Å²) in [5.74, 6) is 0. The van der Waals surface area contributed by atoms with Crippen LogP contribution in [-0.4, -0.2) is 7.05 Å². The summed E-state index contributed by atoms with van der Waals surface area (Å²) in [6.07, 6.45) is 6.90. The van der Waals surface area contributed by atoms with E-state index in [4.69, 9.17) is 0 Å². The van der Waals surface area contributed by atoms with E-state index in [1.54, 1.807) is 0 Å². The highest BCUT2D eigenvalue weighted by atomic mass is 14.9. The van der Waals surface area contributed by atoms with Crippen LogP contribution in [0.4, 0.5) is 0 Å². The van der Waals surface area contributed by atoms with Crippen molar-refractivity contribution in [2.24, 2.45) is 5.41 Å². The van der Waals surface area contributed by atoms with Gasteiger partial charge in [-0.15, -0.1) is 0 Å². The van der Waals surface area contributed by atoms with Gasteiger partial charge in [-0.25, -0.2) is 0 Å². The molecular weight excluding hydrogens is 206 g/mol. The maximum atomic E-state index is 3.57. The Bertz CT molecular complexity index is 364. The smallest absolute Gasteiger partial charge is 0.0374 e. The van der Waals surface area contributed by atoms with Gasteiger partial charge in [0.25, 0.3) is 0 Å². The van der Waals surface area contributed by atoms with E-state index in [2.05, 4.69) is 50.5 Å². The van der Waals surface area contributed by atoms with E-state index in [0.717, 1.165) is 0 Å². The van der Waals surface area contributed by atoms with Crippen molar-refractivity contribution >= 4 is 0 Å². The third-order valence-corrected chi connectivity index (χ3v) is 4.48. The molecule has 0 amide bonds. The molecule has 1 fully saturated rings. The van der Waals surface area contributed by atoms with Crippen LogP contribution in [0, 0.1) is 12.3 Å². The minimum Gasteiger partial charge on any atom is -0.313 e. The van der Waals surface area contributed by atoms with Gasteiger partial charge in [-0.2, -0.15) is 0 Å². The van der Waals surface area contributed by atoms with E-state index in [1.807, 2.05) is 0 Å². The zero-order chi connectivity index (χ0) is 12.3. The molecule has 1 saturated carbocycles. The van der Waals surface area contributed by atoms with Crippen LogP contribution in [-0.2, 0) is 0 Å². The predicted molar refractivity (Wildman–Crippen MR) is 74.2 cm³/mol. The average molecular weight is 231 g/mol. The number of nitrogens with one attached hydrogen (secondary N) is 1. The monoisotopic (exact) mass is 231 g/mol. The first-order valence-corrected chi connectivity index (χ1v) is 6.90. The van der Waals surface area contributed by atoms with E-state index < -0.39 is 0 Å². The van der Waals surface area contributed by atoms with E-state index in [-0.39, 0.29) is 0 Å². The fourth-order valence-electron chi connectivity index (χ4n) is 3.44. The molecule has 1 aromatic rings. The summed E-state index contributed by atoms with van der Waals surface area (Å²) in [5.41, 5.74) is 3.33. The largest absolute Gasteiger partial charge is 0.313 e. The Hall–Kier alpha value is -0.820. The number of hydrogen-bond donors (Lipinski definition) is 1. The van der Waals surface area contributed by atoms with Gasteiger partial charge in [-0.05, 0) is 43.4 Å². The Balaban J connectivity index is 2.29. The van der Waals surface area contributed by atoms with Crippen molar-refractivity contribution in [2.45, 2.75) is 52.0 Å². The van der Waals surface area contributed by atoms with Crippen molar-refractivity contribution < 1.29 is 0 Å². The molecule has 0 bridgehead atoms. The van der Waals surface area contributed by atoms with E-state index in [9.17, 15) is 0 Å². The topological polar surface area (TPSA) is 12.0 Å². The second kappa shape index (κ2) is 5.22. The summed E-state index contributed by atoms with van der Waals surface area (Å²) < 4.78 is 0. The minimum absolute atomic E-state index is 0.430. The van der Waals surface area contributed by atoms with Gasteiger partial charge in [0.1, 0.15) is 0 Å². The molecule has 0 heterocycles. The van der Waals surface area contributed by atoms with Crippen molar-refractivity contribution in [1.29, 1.82) is 0 Å². The summed E-state index contributed by atoms with van der Waals surface area (Å²) in [4.78, 5) is 0. The van der Waals surface area contributed by atoms with Crippen LogP contribution in [0.3, 0.4) is 0 Å². The Labute approximate surface area is 106 Å². The molecule has 1 unspecified atom stereocenters. The standard InChI is InChI=1S/C16H25N/c1-13-9-5-6-10-14(13)15(17-3)16(2)11-7-4-8-12-16/h5-6,9-10,15,17H,4,7-8,11-12H2,1-3H3. The van der Waals surface area contributed by atoms with Crippen LogP contribution in [0.1, 0.15) is 56.2 Å². The predicted octanol–water partition coefficient (Wildman–Crippen LogP) is 4.23. The highest BCUT2D eigenvalue weighted by molar-refractivity contribution is 5.30. The van der Waals surface area contributed by atoms with Gasteiger partial charge in [0.05, 0.1) is 0 Å². The van der Waals surface area contributed by atoms with Gasteiger partial charge in [0.15, 0.2) is 0 Å². The molecule has 94 valence electrons. The zero-order valence-electron chi connectivity index (χ0n) is 11.4. The Morgan fingerprint density at radius 1 is 1.12 bits per heavy atom. The van der Waals surface area contributed by atoms with Gasteiger partial charge in [0, 0.05) is 6.04 Å². The van der Waals surface area contributed by atoms with Crippen LogP contribution in [0.2, 0.25) is 0 Å². The van der Waals surface area contributed by atoms with Gasteiger partial charge in [-0.1, -0.05) is 50.5 Å². The van der Waals surface area contributed by atoms with Crippen LogP contribution in [0.15, 0.2) is 24.3 Å². The molecular formula is C16H25N. The SMILES string of the molecule is CNC(c1ccccc1C)C1(C)CCCCC1. The molecule has 0 aromatic heterocycles. The number of benzene rings is 1. The van der Waals surface area contributed by atoms with E-state index in [0.29, 0.717) is 11.5 Å². The van der Waals surface area contributed by atoms with Crippen molar-refractivity contribution in [3.63, 3.8) is 0 Å².